The Bertz CT molecular complexity index is 613. The lowest BCUT2D eigenvalue weighted by molar-refractivity contribution is 0.0926. The summed E-state index contributed by atoms with van der Waals surface area (Å²) in [5.74, 6) is 0.196. The fraction of sp³-hybridized carbons (Fsp3) is 0.500. The zero-order valence-corrected chi connectivity index (χ0v) is 14.1. The van der Waals surface area contributed by atoms with Crippen molar-refractivity contribution in [3.63, 3.8) is 0 Å². The zero-order valence-electron chi connectivity index (χ0n) is 12.5. The van der Waals surface area contributed by atoms with E-state index in [1.165, 1.54) is 18.2 Å². The number of hydrogen-bond donors (Lipinski definition) is 1. The first kappa shape index (κ1) is 17.8. The minimum atomic E-state index is -3.90. The van der Waals surface area contributed by atoms with E-state index < -0.39 is 9.05 Å². The Morgan fingerprint density at radius 2 is 1.95 bits per heavy atom. The molecule has 0 bridgehead atoms. The van der Waals surface area contributed by atoms with E-state index in [4.69, 9.17) is 15.4 Å². The van der Waals surface area contributed by atoms with E-state index >= 15 is 0 Å². The summed E-state index contributed by atoms with van der Waals surface area (Å²) in [4.78, 5) is 12.2. The minimum absolute atomic E-state index is 0.0526. The van der Waals surface area contributed by atoms with E-state index in [1.54, 1.807) is 6.92 Å². The molecule has 1 amide bonds. The average Bonchev–Trinajstić information content (AvgIpc) is 2.37. The lowest BCUT2D eigenvalue weighted by Crippen LogP contribution is -2.36. The zero-order chi connectivity index (χ0) is 16.2. The highest BCUT2D eigenvalue weighted by Gasteiger charge is 2.20. The maximum Gasteiger partial charge on any atom is 0.261 e. The second-order valence-corrected chi connectivity index (χ2v) is 7.60. The molecule has 0 spiro atoms. The third kappa shape index (κ3) is 4.89. The Balaban J connectivity index is 3.20. The molecule has 1 atom stereocenters. The van der Waals surface area contributed by atoms with E-state index in [2.05, 4.69) is 5.32 Å². The first-order chi connectivity index (χ1) is 9.66. The highest BCUT2D eigenvalue weighted by Crippen LogP contribution is 2.25. The van der Waals surface area contributed by atoms with Crippen LogP contribution in [0.4, 0.5) is 0 Å². The van der Waals surface area contributed by atoms with Gasteiger partial charge >= 0.3 is 0 Å². The molecule has 1 rings (SSSR count). The van der Waals surface area contributed by atoms with Gasteiger partial charge in [0.2, 0.25) is 0 Å². The van der Waals surface area contributed by atoms with Gasteiger partial charge in [-0.05, 0) is 38.0 Å². The van der Waals surface area contributed by atoms with Gasteiger partial charge in [-0.25, -0.2) is 8.42 Å². The second-order valence-electron chi connectivity index (χ2n) is 5.03. The van der Waals surface area contributed by atoms with Crippen LogP contribution < -0.4 is 10.1 Å². The quantitative estimate of drug-likeness (QED) is 0.812. The van der Waals surface area contributed by atoms with Crippen molar-refractivity contribution < 1.29 is 17.9 Å². The van der Waals surface area contributed by atoms with Crippen LogP contribution in [0, 0.1) is 5.92 Å². The van der Waals surface area contributed by atoms with Crippen LogP contribution in [0.15, 0.2) is 23.1 Å². The molecule has 21 heavy (non-hydrogen) atoms. The first-order valence-corrected chi connectivity index (χ1v) is 9.00. The minimum Gasteiger partial charge on any atom is -0.493 e. The molecule has 0 heterocycles. The van der Waals surface area contributed by atoms with Crippen LogP contribution in [-0.4, -0.2) is 27.0 Å². The first-order valence-electron chi connectivity index (χ1n) is 6.69. The predicted octanol–water partition coefficient (Wildman–Crippen LogP) is 2.79. The average molecular weight is 334 g/mol. The van der Waals surface area contributed by atoms with Gasteiger partial charge < -0.3 is 10.1 Å². The molecule has 0 fully saturated rings. The third-order valence-corrected chi connectivity index (χ3v) is 4.49. The number of halogens is 1. The molecular weight excluding hydrogens is 314 g/mol. The van der Waals surface area contributed by atoms with Crippen LogP contribution >= 0.6 is 10.7 Å². The highest BCUT2D eigenvalue weighted by atomic mass is 35.7. The standard InChI is InChI=1S/C14H20ClNO4S/c1-5-20-13-7-6-11(21(15,18)19)8-12(13)14(17)16-10(4)9(2)3/h6-10H,5H2,1-4H3,(H,16,17). The molecule has 1 aromatic rings. The van der Waals surface area contributed by atoms with Gasteiger partial charge in [0, 0.05) is 16.7 Å². The van der Waals surface area contributed by atoms with Crippen molar-refractivity contribution in [1.82, 2.24) is 5.32 Å². The van der Waals surface area contributed by atoms with Crippen LogP contribution in [-0.2, 0) is 9.05 Å². The molecule has 7 heteroatoms. The number of nitrogens with one attached hydrogen (secondary N) is 1. The summed E-state index contributed by atoms with van der Waals surface area (Å²) in [6.45, 7) is 7.99. The van der Waals surface area contributed by atoms with Gasteiger partial charge in [-0.3, -0.25) is 4.79 Å². The van der Waals surface area contributed by atoms with Crippen molar-refractivity contribution in [2.24, 2.45) is 5.92 Å². The Hall–Kier alpha value is -1.27. The Morgan fingerprint density at radius 3 is 2.43 bits per heavy atom. The van der Waals surface area contributed by atoms with Gasteiger partial charge in [0.05, 0.1) is 17.1 Å². The van der Waals surface area contributed by atoms with Gasteiger partial charge in [0.15, 0.2) is 0 Å². The molecule has 1 N–H and O–H groups in total. The molecule has 0 aromatic heterocycles. The molecule has 0 aliphatic heterocycles. The van der Waals surface area contributed by atoms with Crippen LogP contribution in [0.25, 0.3) is 0 Å². The van der Waals surface area contributed by atoms with E-state index in [0.717, 1.165) is 0 Å². The number of carbonyl (C=O) groups excluding carboxylic acids is 1. The van der Waals surface area contributed by atoms with Gasteiger partial charge in [0.1, 0.15) is 5.75 Å². The molecule has 1 aromatic carbocycles. The van der Waals surface area contributed by atoms with E-state index in [9.17, 15) is 13.2 Å². The van der Waals surface area contributed by atoms with Crippen molar-refractivity contribution in [2.45, 2.75) is 38.6 Å². The molecule has 0 saturated heterocycles. The van der Waals surface area contributed by atoms with Crippen molar-refractivity contribution in [2.75, 3.05) is 6.61 Å². The summed E-state index contributed by atoms with van der Waals surface area (Å²) in [5.41, 5.74) is 0.158. The summed E-state index contributed by atoms with van der Waals surface area (Å²) >= 11 is 0. The maximum atomic E-state index is 12.3. The van der Waals surface area contributed by atoms with Gasteiger partial charge in [-0.1, -0.05) is 13.8 Å². The molecule has 0 aliphatic rings. The van der Waals surface area contributed by atoms with Crippen molar-refractivity contribution in [3.05, 3.63) is 23.8 Å². The number of carbonyl (C=O) groups is 1. The van der Waals surface area contributed by atoms with Gasteiger partial charge in [-0.2, -0.15) is 0 Å². The van der Waals surface area contributed by atoms with Crippen LogP contribution in [0.3, 0.4) is 0 Å². The Kier molecular flexibility index (Phi) is 6.04. The molecule has 0 radical (unpaired) electrons. The topological polar surface area (TPSA) is 72.5 Å². The lowest BCUT2D eigenvalue weighted by Gasteiger charge is -2.19. The smallest absolute Gasteiger partial charge is 0.261 e. The fourth-order valence-corrected chi connectivity index (χ4v) is 2.35. The van der Waals surface area contributed by atoms with Crippen molar-refractivity contribution in [1.29, 1.82) is 0 Å². The fourth-order valence-electron chi connectivity index (χ4n) is 1.57. The molecule has 118 valence electrons. The van der Waals surface area contributed by atoms with Gasteiger partial charge in [0.25, 0.3) is 15.0 Å². The summed E-state index contributed by atoms with van der Waals surface area (Å²) in [7, 11) is 1.42. The molecule has 0 aliphatic carbocycles. The summed E-state index contributed by atoms with van der Waals surface area (Å²) < 4.78 is 28.2. The van der Waals surface area contributed by atoms with Gasteiger partial charge in [-0.15, -0.1) is 0 Å². The van der Waals surface area contributed by atoms with E-state index in [0.29, 0.717) is 12.4 Å². The van der Waals surface area contributed by atoms with Crippen molar-refractivity contribution >= 4 is 25.6 Å². The SMILES string of the molecule is CCOc1ccc(S(=O)(=O)Cl)cc1C(=O)NC(C)C(C)C. The number of rotatable bonds is 6. The molecule has 1 unspecified atom stereocenters. The molecule has 0 saturated carbocycles. The van der Waals surface area contributed by atoms with Crippen LogP contribution in [0.1, 0.15) is 38.1 Å². The molecule has 5 nitrogen and oxygen atoms in total. The second kappa shape index (κ2) is 7.13. The Labute approximate surface area is 130 Å². The van der Waals surface area contributed by atoms with E-state index in [-0.39, 0.29) is 28.3 Å². The van der Waals surface area contributed by atoms with Crippen LogP contribution in [0.2, 0.25) is 0 Å². The maximum absolute atomic E-state index is 12.3. The van der Waals surface area contributed by atoms with Crippen molar-refractivity contribution in [3.8, 4) is 5.75 Å². The van der Waals surface area contributed by atoms with E-state index in [1.807, 2.05) is 20.8 Å². The lowest BCUT2D eigenvalue weighted by atomic mass is 10.1. The third-order valence-electron chi connectivity index (χ3n) is 3.14. The Morgan fingerprint density at radius 1 is 1.33 bits per heavy atom. The molecular formula is C14H20ClNO4S. The monoisotopic (exact) mass is 333 g/mol. The number of hydrogen-bond acceptors (Lipinski definition) is 4. The number of amides is 1. The largest absolute Gasteiger partial charge is 0.493 e. The summed E-state index contributed by atoms with van der Waals surface area (Å²) in [5, 5.41) is 2.82. The summed E-state index contributed by atoms with van der Waals surface area (Å²) in [6, 6.07) is 3.93. The van der Waals surface area contributed by atoms with Crippen LogP contribution in [0.5, 0.6) is 5.75 Å². The summed E-state index contributed by atoms with van der Waals surface area (Å²) in [6.07, 6.45) is 0. The number of ether oxygens (including phenoxy) is 1. The highest BCUT2D eigenvalue weighted by molar-refractivity contribution is 8.13. The predicted molar refractivity (Wildman–Crippen MR) is 82.4 cm³/mol. The number of benzene rings is 1. The normalized spacial score (nSPS) is 13.0.